The van der Waals surface area contributed by atoms with Gasteiger partial charge in [-0.15, -0.1) is 0 Å². The Labute approximate surface area is 147 Å². The van der Waals surface area contributed by atoms with Crippen molar-refractivity contribution in [2.24, 2.45) is 0 Å². The molecule has 0 saturated heterocycles. The second-order valence-corrected chi connectivity index (χ2v) is 6.15. The Kier molecular flexibility index (Phi) is 21.1. The van der Waals surface area contributed by atoms with Crippen LogP contribution >= 0.6 is 0 Å². The Morgan fingerprint density at radius 3 is 1.20 bits per heavy atom. The molecule has 2 N–H and O–H groups in total. The number of carbonyl (C=O) groups is 4. The van der Waals surface area contributed by atoms with Crippen molar-refractivity contribution in [3.8, 4) is 0 Å². The molecule has 0 saturated carbocycles. The van der Waals surface area contributed by atoms with Crippen molar-refractivity contribution in [2.45, 2.75) is 20.8 Å². The maximum absolute atomic E-state index is 10.0. The number of rotatable bonds is 5. The van der Waals surface area contributed by atoms with Gasteiger partial charge in [-0.3, -0.25) is 9.59 Å². The summed E-state index contributed by atoms with van der Waals surface area (Å²) in [6, 6.07) is 0. The van der Waals surface area contributed by atoms with Gasteiger partial charge >= 0.3 is 11.9 Å². The highest BCUT2D eigenvalue weighted by molar-refractivity contribution is 7.93. The van der Waals surface area contributed by atoms with Crippen LogP contribution in [-0.4, -0.2) is 48.4 Å². The van der Waals surface area contributed by atoms with Gasteiger partial charge in [-0.2, -0.15) is 0 Å². The predicted octanol–water partition coefficient (Wildman–Crippen LogP) is 1.80. The SMILES string of the molecule is C=C(C)C(C)=O.C=CC(=O)O.C=CS(C)(=O)=O.CC(=O)/C=C\C(=O)O. The smallest absolute Gasteiger partial charge is 0.328 e. The Bertz CT molecular complexity index is 585. The van der Waals surface area contributed by atoms with Crippen LogP contribution in [0.3, 0.4) is 0 Å². The van der Waals surface area contributed by atoms with Gasteiger partial charge in [0, 0.05) is 23.8 Å². The number of ketones is 2. The molecule has 0 aromatic carbocycles. The third-order valence-corrected chi connectivity index (χ3v) is 2.14. The summed E-state index contributed by atoms with van der Waals surface area (Å²) in [5.41, 5.74) is 0.620. The molecule has 0 amide bonds. The van der Waals surface area contributed by atoms with Crippen LogP contribution in [0.2, 0.25) is 0 Å². The summed E-state index contributed by atoms with van der Waals surface area (Å²) in [4.78, 5) is 39.0. The molecule has 0 bridgehead atoms. The third kappa shape index (κ3) is 62.3. The van der Waals surface area contributed by atoms with Gasteiger partial charge in [0.25, 0.3) is 0 Å². The average molecular weight is 376 g/mol. The third-order valence-electron chi connectivity index (χ3n) is 1.54. The number of carboxylic acid groups (broad SMARTS) is 2. The lowest BCUT2D eigenvalue weighted by atomic mass is 10.3. The number of carboxylic acids is 2. The van der Waals surface area contributed by atoms with E-state index in [9.17, 15) is 27.6 Å². The highest BCUT2D eigenvalue weighted by Gasteiger charge is 1.86. The standard InChI is InChI=1S/C5H6O3.C5H8O.C3H6O2S.C3H4O2/c1-4(6)2-3-5(7)8;1-4(2)5(3)6;1-3-6(2,4)5;1-2-3(4)5/h2-3H,1H3,(H,7,8);1H2,2-3H3;3H,1H2,2H3;2H,1H2,(H,4,5)/b3-2-;;;. The van der Waals surface area contributed by atoms with Crippen molar-refractivity contribution in [1.29, 1.82) is 0 Å². The molecule has 0 aromatic rings. The maximum Gasteiger partial charge on any atom is 0.328 e. The minimum absolute atomic E-state index is 0.0648. The molecule has 9 heteroatoms. The number of hydrogen-bond acceptors (Lipinski definition) is 6. The molecule has 0 aliphatic rings. The monoisotopic (exact) mass is 376 g/mol. The molecule has 0 atom stereocenters. The number of allylic oxidation sites excluding steroid dienone is 2. The van der Waals surface area contributed by atoms with Crippen LogP contribution < -0.4 is 0 Å². The molecular weight excluding hydrogens is 352 g/mol. The molecule has 0 radical (unpaired) electrons. The Balaban J connectivity index is -0.000000119. The molecule has 0 aliphatic heterocycles. The van der Waals surface area contributed by atoms with Crippen molar-refractivity contribution in [3.63, 3.8) is 0 Å². The lowest BCUT2D eigenvalue weighted by Gasteiger charge is -1.80. The molecule has 8 nitrogen and oxygen atoms in total. The van der Waals surface area contributed by atoms with E-state index in [1.54, 1.807) is 6.92 Å². The molecule has 0 fully saturated rings. The summed E-state index contributed by atoms with van der Waals surface area (Å²) in [5.74, 6) is -2.27. The highest BCUT2D eigenvalue weighted by atomic mass is 32.2. The van der Waals surface area contributed by atoms with Crippen molar-refractivity contribution in [2.75, 3.05) is 6.26 Å². The fourth-order valence-corrected chi connectivity index (χ4v) is 0.189. The minimum atomic E-state index is -2.90. The van der Waals surface area contributed by atoms with E-state index in [0.29, 0.717) is 5.57 Å². The van der Waals surface area contributed by atoms with Gasteiger partial charge in [-0.25, -0.2) is 18.0 Å². The fraction of sp³-hybridized carbons (Fsp3) is 0.250. The number of sulfone groups is 1. The molecule has 25 heavy (non-hydrogen) atoms. The Morgan fingerprint density at radius 1 is 0.880 bits per heavy atom. The van der Waals surface area contributed by atoms with Gasteiger partial charge in [-0.1, -0.05) is 19.7 Å². The molecule has 0 aliphatic carbocycles. The van der Waals surface area contributed by atoms with E-state index in [4.69, 9.17) is 10.2 Å². The zero-order valence-corrected chi connectivity index (χ0v) is 15.5. The van der Waals surface area contributed by atoms with Crippen LogP contribution in [0.5, 0.6) is 0 Å². The van der Waals surface area contributed by atoms with Crippen LogP contribution in [0, 0.1) is 0 Å². The molecule has 0 aromatic heterocycles. The quantitative estimate of drug-likeness (QED) is 0.691. The summed E-state index contributed by atoms with van der Waals surface area (Å²) < 4.78 is 19.8. The Morgan fingerprint density at radius 2 is 1.16 bits per heavy atom. The second-order valence-electron chi connectivity index (χ2n) is 4.16. The van der Waals surface area contributed by atoms with Crippen LogP contribution in [0.25, 0.3) is 0 Å². The lowest BCUT2D eigenvalue weighted by Crippen LogP contribution is -1.89. The fourth-order valence-electron chi connectivity index (χ4n) is 0.189. The predicted molar refractivity (Wildman–Crippen MR) is 95.8 cm³/mol. The largest absolute Gasteiger partial charge is 0.478 e. The number of Topliss-reactive ketones (excluding diaryl/α,β-unsaturated/α-hetero) is 1. The van der Waals surface area contributed by atoms with Crippen molar-refractivity contribution in [1.82, 2.24) is 0 Å². The van der Waals surface area contributed by atoms with Gasteiger partial charge in [0.05, 0.1) is 0 Å². The first-order valence-electron chi connectivity index (χ1n) is 6.36. The molecule has 0 rings (SSSR count). The maximum atomic E-state index is 10.0. The molecule has 0 spiro atoms. The normalized spacial score (nSPS) is 8.80. The summed E-state index contributed by atoms with van der Waals surface area (Å²) in [6.45, 7) is 13.9. The van der Waals surface area contributed by atoms with Gasteiger partial charge in [0.1, 0.15) is 0 Å². The molecule has 0 heterocycles. The van der Waals surface area contributed by atoms with E-state index in [-0.39, 0.29) is 11.6 Å². The summed E-state index contributed by atoms with van der Waals surface area (Å²) in [5, 5.41) is 16.4. The number of carbonyl (C=O) groups excluding carboxylic acids is 2. The van der Waals surface area contributed by atoms with Gasteiger partial charge in [0.15, 0.2) is 21.4 Å². The number of hydrogen-bond donors (Lipinski definition) is 2. The average Bonchev–Trinajstić information content (AvgIpc) is 2.46. The minimum Gasteiger partial charge on any atom is -0.478 e. The van der Waals surface area contributed by atoms with Gasteiger partial charge in [-0.05, 0) is 32.4 Å². The van der Waals surface area contributed by atoms with Gasteiger partial charge in [0.2, 0.25) is 0 Å². The summed E-state index contributed by atoms with van der Waals surface area (Å²) in [7, 11) is -2.90. The highest BCUT2D eigenvalue weighted by Crippen LogP contribution is 1.84. The van der Waals surface area contributed by atoms with E-state index in [1.165, 1.54) is 13.8 Å². The van der Waals surface area contributed by atoms with E-state index in [0.717, 1.165) is 29.9 Å². The first-order chi connectivity index (χ1) is 11.1. The first kappa shape index (κ1) is 30.1. The van der Waals surface area contributed by atoms with Crippen molar-refractivity contribution in [3.05, 3.63) is 48.9 Å². The lowest BCUT2D eigenvalue weighted by molar-refractivity contribution is -0.132. The molecule has 142 valence electrons. The number of aliphatic carboxylic acids is 2. The van der Waals surface area contributed by atoms with Crippen molar-refractivity contribution < 1.29 is 37.8 Å². The second kappa shape index (κ2) is 17.5. The molecule has 0 unspecified atom stereocenters. The van der Waals surface area contributed by atoms with E-state index in [1.807, 2.05) is 0 Å². The van der Waals surface area contributed by atoms with Crippen LogP contribution in [0.1, 0.15) is 20.8 Å². The topological polar surface area (TPSA) is 143 Å². The first-order valence-corrected chi connectivity index (χ1v) is 8.31. The van der Waals surface area contributed by atoms with E-state index in [2.05, 4.69) is 19.7 Å². The van der Waals surface area contributed by atoms with E-state index < -0.39 is 21.8 Å². The molecular formula is C16H24O8S. The summed E-state index contributed by atoms with van der Waals surface area (Å²) >= 11 is 0. The van der Waals surface area contributed by atoms with E-state index >= 15 is 0 Å². The zero-order valence-electron chi connectivity index (χ0n) is 14.7. The van der Waals surface area contributed by atoms with Gasteiger partial charge < -0.3 is 10.2 Å². The zero-order chi connectivity index (χ0) is 21.2. The van der Waals surface area contributed by atoms with Crippen LogP contribution in [0.15, 0.2) is 48.9 Å². The Hall–Kier alpha value is -2.81. The van der Waals surface area contributed by atoms with Crippen LogP contribution in [0.4, 0.5) is 0 Å². The van der Waals surface area contributed by atoms with Crippen molar-refractivity contribution >= 4 is 33.3 Å². The summed E-state index contributed by atoms with van der Waals surface area (Å²) in [6.07, 6.45) is 3.74. The van der Waals surface area contributed by atoms with Crippen LogP contribution in [-0.2, 0) is 29.0 Å².